The molecule has 3 atom stereocenters. The Labute approximate surface area is 196 Å². The van der Waals surface area contributed by atoms with Crippen LogP contribution in [0.5, 0.6) is 5.75 Å². The van der Waals surface area contributed by atoms with Crippen molar-refractivity contribution < 1.29 is 13.9 Å². The third-order valence-electron chi connectivity index (χ3n) is 6.06. The third-order valence-corrected chi connectivity index (χ3v) is 7.51. The van der Waals surface area contributed by atoms with Gasteiger partial charge in [-0.25, -0.2) is 9.38 Å². The summed E-state index contributed by atoms with van der Waals surface area (Å²) < 4.78 is 19.0. The lowest BCUT2D eigenvalue weighted by atomic mass is 10.1. The van der Waals surface area contributed by atoms with Crippen molar-refractivity contribution in [1.82, 2.24) is 5.32 Å². The molecular formula is C26H24FN3O2S. The van der Waals surface area contributed by atoms with E-state index in [1.807, 2.05) is 30.5 Å². The Morgan fingerprint density at radius 1 is 1.21 bits per heavy atom. The predicted octanol–water partition coefficient (Wildman–Crippen LogP) is 5.05. The van der Waals surface area contributed by atoms with Crippen molar-refractivity contribution in [3.8, 4) is 5.75 Å². The van der Waals surface area contributed by atoms with Crippen molar-refractivity contribution in [3.05, 3.63) is 94.4 Å². The SMILES string of the molecule is COc1ccc(NC2=CCC(C3C4C=C(C(=O)NCc5ccccc5F)SC43)=CC=N2)cc1. The number of hydrogen-bond acceptors (Lipinski definition) is 5. The molecule has 168 valence electrons. The topological polar surface area (TPSA) is 62.7 Å². The highest BCUT2D eigenvalue weighted by Crippen LogP contribution is 2.61. The molecule has 0 spiro atoms. The minimum Gasteiger partial charge on any atom is -0.497 e. The van der Waals surface area contributed by atoms with Crippen LogP contribution in [0.4, 0.5) is 10.1 Å². The van der Waals surface area contributed by atoms with E-state index in [9.17, 15) is 9.18 Å². The van der Waals surface area contributed by atoms with Gasteiger partial charge in [0.05, 0.1) is 12.0 Å². The van der Waals surface area contributed by atoms with E-state index >= 15 is 0 Å². The van der Waals surface area contributed by atoms with Crippen LogP contribution in [0.3, 0.4) is 0 Å². The molecule has 2 aromatic rings. The number of benzene rings is 2. The number of halogens is 1. The molecule has 0 saturated heterocycles. The Hall–Kier alpha value is -3.32. The van der Waals surface area contributed by atoms with Crippen molar-refractivity contribution in [2.45, 2.75) is 18.2 Å². The summed E-state index contributed by atoms with van der Waals surface area (Å²) in [6.45, 7) is 0.193. The molecule has 5 nitrogen and oxygen atoms in total. The Kier molecular flexibility index (Phi) is 6.05. The van der Waals surface area contributed by atoms with Crippen LogP contribution in [0.25, 0.3) is 0 Å². The predicted molar refractivity (Wildman–Crippen MR) is 131 cm³/mol. The molecule has 1 aliphatic carbocycles. The monoisotopic (exact) mass is 461 g/mol. The molecule has 2 aromatic carbocycles. The first kappa shape index (κ1) is 21.5. The van der Waals surface area contributed by atoms with Crippen molar-refractivity contribution in [1.29, 1.82) is 0 Å². The summed E-state index contributed by atoms with van der Waals surface area (Å²) in [4.78, 5) is 17.8. The van der Waals surface area contributed by atoms with Gasteiger partial charge in [0.2, 0.25) is 0 Å². The smallest absolute Gasteiger partial charge is 0.257 e. The van der Waals surface area contributed by atoms with Gasteiger partial charge >= 0.3 is 0 Å². The molecule has 3 aliphatic rings. The van der Waals surface area contributed by atoms with Crippen LogP contribution in [0, 0.1) is 17.7 Å². The molecule has 33 heavy (non-hydrogen) atoms. The molecule has 7 heteroatoms. The van der Waals surface area contributed by atoms with Gasteiger partial charge in [0, 0.05) is 35.2 Å². The molecule has 3 unspecified atom stereocenters. The van der Waals surface area contributed by atoms with Crippen LogP contribution in [0.2, 0.25) is 0 Å². The van der Waals surface area contributed by atoms with Gasteiger partial charge in [-0.2, -0.15) is 0 Å². The molecule has 5 rings (SSSR count). The second kappa shape index (κ2) is 9.27. The van der Waals surface area contributed by atoms with Crippen LogP contribution in [0.1, 0.15) is 12.0 Å². The number of carbonyl (C=O) groups is 1. The number of carbonyl (C=O) groups excluding carboxylic acids is 1. The highest BCUT2D eigenvalue weighted by molar-refractivity contribution is 8.05. The second-order valence-corrected chi connectivity index (χ2v) is 9.38. The van der Waals surface area contributed by atoms with Crippen LogP contribution in [-0.2, 0) is 11.3 Å². The molecule has 1 fully saturated rings. The fourth-order valence-electron chi connectivity index (χ4n) is 4.21. The van der Waals surface area contributed by atoms with Gasteiger partial charge in [-0.1, -0.05) is 29.8 Å². The minimum atomic E-state index is -0.301. The number of hydrogen-bond donors (Lipinski definition) is 2. The number of methoxy groups -OCH3 is 1. The lowest BCUT2D eigenvalue weighted by Crippen LogP contribution is -2.24. The number of nitrogens with zero attached hydrogens (tertiary/aromatic N) is 1. The summed E-state index contributed by atoms with van der Waals surface area (Å²) in [6.07, 6.45) is 8.92. The third kappa shape index (κ3) is 4.73. The van der Waals surface area contributed by atoms with Gasteiger partial charge in [0.25, 0.3) is 5.91 Å². The molecule has 0 radical (unpaired) electrons. The van der Waals surface area contributed by atoms with E-state index in [0.29, 0.717) is 22.6 Å². The fraction of sp³-hybridized carbons (Fsp3) is 0.231. The highest BCUT2D eigenvalue weighted by Gasteiger charge is 2.55. The van der Waals surface area contributed by atoms with Gasteiger partial charge in [-0.05, 0) is 54.8 Å². The first-order valence-corrected chi connectivity index (χ1v) is 11.7. The zero-order valence-electron chi connectivity index (χ0n) is 18.1. The summed E-state index contributed by atoms with van der Waals surface area (Å²) in [7, 11) is 1.65. The number of rotatable bonds is 7. The second-order valence-electron chi connectivity index (χ2n) is 8.16. The van der Waals surface area contributed by atoms with Crippen LogP contribution in [-0.4, -0.2) is 24.5 Å². The Balaban J connectivity index is 1.15. The number of aliphatic imine (C=N–C) groups is 1. The van der Waals surface area contributed by atoms with E-state index in [0.717, 1.165) is 28.6 Å². The Bertz CT molecular complexity index is 1190. The van der Waals surface area contributed by atoms with Crippen molar-refractivity contribution >= 4 is 29.6 Å². The molecule has 2 aliphatic heterocycles. The van der Waals surface area contributed by atoms with Crippen LogP contribution in [0.15, 0.2) is 88.1 Å². The van der Waals surface area contributed by atoms with Crippen molar-refractivity contribution in [3.63, 3.8) is 0 Å². The van der Waals surface area contributed by atoms with E-state index in [4.69, 9.17) is 4.74 Å². The largest absolute Gasteiger partial charge is 0.497 e. The minimum absolute atomic E-state index is 0.128. The van der Waals surface area contributed by atoms with Gasteiger partial charge in [0.15, 0.2) is 0 Å². The first-order valence-electron chi connectivity index (χ1n) is 10.9. The van der Waals surface area contributed by atoms with Crippen molar-refractivity contribution in [2.75, 3.05) is 12.4 Å². The molecular weight excluding hydrogens is 437 g/mol. The fourth-order valence-corrected chi connectivity index (χ4v) is 5.73. The molecule has 2 N–H and O–H groups in total. The summed E-state index contributed by atoms with van der Waals surface area (Å²) in [5.41, 5.74) is 2.77. The van der Waals surface area contributed by atoms with E-state index in [2.05, 4.69) is 33.9 Å². The van der Waals surface area contributed by atoms with Crippen molar-refractivity contribution in [2.24, 2.45) is 16.8 Å². The number of thioether (sulfide) groups is 1. The maximum Gasteiger partial charge on any atom is 0.257 e. The maximum atomic E-state index is 13.8. The highest BCUT2D eigenvalue weighted by atomic mass is 32.2. The molecule has 1 saturated carbocycles. The number of ether oxygens (including phenoxy) is 1. The summed E-state index contributed by atoms with van der Waals surface area (Å²) >= 11 is 1.62. The number of amides is 1. The zero-order valence-corrected chi connectivity index (χ0v) is 18.9. The summed E-state index contributed by atoms with van der Waals surface area (Å²) in [5, 5.41) is 6.56. The van der Waals surface area contributed by atoms with Gasteiger partial charge in [-0.15, -0.1) is 11.8 Å². The maximum absolute atomic E-state index is 13.8. The average Bonchev–Trinajstić information content (AvgIpc) is 3.41. The van der Waals surface area contributed by atoms with Crippen LogP contribution >= 0.6 is 11.8 Å². The number of fused-ring (bicyclic) bond motifs is 1. The average molecular weight is 462 g/mol. The molecule has 0 aromatic heterocycles. The normalized spacial score (nSPS) is 23.0. The van der Waals surface area contributed by atoms with Gasteiger partial charge < -0.3 is 15.4 Å². The van der Waals surface area contributed by atoms with E-state index in [-0.39, 0.29) is 18.3 Å². The summed E-state index contributed by atoms with van der Waals surface area (Å²) in [5.74, 6) is 2.00. The quantitative estimate of drug-likeness (QED) is 0.606. The lowest BCUT2D eigenvalue weighted by Gasteiger charge is -2.10. The zero-order chi connectivity index (χ0) is 22.8. The van der Waals surface area contributed by atoms with E-state index in [1.54, 1.807) is 37.1 Å². The van der Waals surface area contributed by atoms with Gasteiger partial charge in [-0.3, -0.25) is 4.79 Å². The Morgan fingerprint density at radius 2 is 2.03 bits per heavy atom. The van der Waals surface area contributed by atoms with Gasteiger partial charge in [0.1, 0.15) is 17.4 Å². The number of nitrogens with one attached hydrogen (secondary N) is 2. The van der Waals surface area contributed by atoms with Crippen LogP contribution < -0.4 is 15.4 Å². The lowest BCUT2D eigenvalue weighted by molar-refractivity contribution is -0.117. The molecule has 1 amide bonds. The standard InChI is InChI=1S/C26H24FN3O2S/c1-32-19-9-7-18(8-10-19)30-23-11-6-16(12-13-28-23)24-20-14-22(33-25(20)24)26(31)29-15-17-4-2-3-5-21(17)27/h2-5,7-14,20,24-25,30H,6,15H2,1H3,(H,29,31). The summed E-state index contributed by atoms with van der Waals surface area (Å²) in [6, 6.07) is 14.2. The van der Waals surface area contributed by atoms with E-state index < -0.39 is 0 Å². The number of anilines is 1. The Morgan fingerprint density at radius 3 is 2.76 bits per heavy atom. The number of allylic oxidation sites excluding steroid dienone is 4. The van der Waals surface area contributed by atoms with E-state index in [1.165, 1.54) is 11.6 Å². The first-order chi connectivity index (χ1) is 16.1. The molecule has 0 bridgehead atoms. The molecule has 2 heterocycles.